The number of nitrogens with one attached hydrogen (secondary N) is 1. The Bertz CT molecular complexity index is 526. The van der Waals surface area contributed by atoms with Crippen molar-refractivity contribution < 1.29 is 5.11 Å². The average molecular weight is 283 g/mol. The van der Waals surface area contributed by atoms with Crippen molar-refractivity contribution in [2.24, 2.45) is 0 Å². The number of benzene rings is 2. The predicted octanol–water partition coefficient (Wildman–Crippen LogP) is 4.03. The number of hydrogen-bond donors (Lipinski definition) is 2. The van der Waals surface area contributed by atoms with Crippen LogP contribution in [0.2, 0.25) is 0 Å². The van der Waals surface area contributed by atoms with Crippen molar-refractivity contribution in [2.45, 2.75) is 38.3 Å². The van der Waals surface area contributed by atoms with Crippen LogP contribution in [0, 0.1) is 0 Å². The Labute approximate surface area is 127 Å². The molecule has 0 spiro atoms. The standard InChI is InChI=1S/C19H25NO/c1-3-14-19(21,18-12-8-5-9-13-18)15-20-16(2)17-10-6-4-7-11-17/h4-13,16,20-21H,3,14-15H2,1-2H3/t16-,19-/m0/s1. The van der Waals surface area contributed by atoms with Crippen molar-refractivity contribution in [1.82, 2.24) is 5.32 Å². The Morgan fingerprint density at radius 3 is 2.14 bits per heavy atom. The molecule has 112 valence electrons. The smallest absolute Gasteiger partial charge is 0.102 e. The van der Waals surface area contributed by atoms with Gasteiger partial charge in [0, 0.05) is 12.6 Å². The van der Waals surface area contributed by atoms with E-state index in [4.69, 9.17) is 0 Å². The lowest BCUT2D eigenvalue weighted by atomic mass is 9.89. The van der Waals surface area contributed by atoms with E-state index in [9.17, 15) is 5.11 Å². The van der Waals surface area contributed by atoms with Crippen molar-refractivity contribution in [2.75, 3.05) is 6.54 Å². The molecule has 0 amide bonds. The zero-order chi connectivity index (χ0) is 15.1. The lowest BCUT2D eigenvalue weighted by Crippen LogP contribution is -2.39. The van der Waals surface area contributed by atoms with Gasteiger partial charge < -0.3 is 10.4 Å². The Morgan fingerprint density at radius 1 is 1.00 bits per heavy atom. The van der Waals surface area contributed by atoms with Crippen LogP contribution in [0.4, 0.5) is 0 Å². The van der Waals surface area contributed by atoms with E-state index in [1.165, 1.54) is 5.56 Å². The summed E-state index contributed by atoms with van der Waals surface area (Å²) in [6, 6.07) is 20.5. The van der Waals surface area contributed by atoms with Crippen molar-refractivity contribution in [3.63, 3.8) is 0 Å². The van der Waals surface area contributed by atoms with Crippen LogP contribution in [0.1, 0.15) is 43.9 Å². The van der Waals surface area contributed by atoms with Crippen molar-refractivity contribution in [3.8, 4) is 0 Å². The summed E-state index contributed by atoms with van der Waals surface area (Å²) in [5, 5.41) is 14.5. The first kappa shape index (κ1) is 15.7. The number of aliphatic hydroxyl groups is 1. The van der Waals surface area contributed by atoms with Crippen molar-refractivity contribution in [1.29, 1.82) is 0 Å². The SMILES string of the molecule is CCC[C@](O)(CN[C@@H](C)c1ccccc1)c1ccccc1. The minimum Gasteiger partial charge on any atom is -0.384 e. The van der Waals surface area contributed by atoms with Crippen LogP contribution >= 0.6 is 0 Å². The van der Waals surface area contributed by atoms with E-state index in [1.54, 1.807) is 0 Å². The second-order valence-electron chi connectivity index (χ2n) is 5.66. The van der Waals surface area contributed by atoms with Gasteiger partial charge in [0.05, 0.1) is 0 Å². The number of rotatable bonds is 7. The summed E-state index contributed by atoms with van der Waals surface area (Å²) in [7, 11) is 0. The first-order valence-corrected chi connectivity index (χ1v) is 7.72. The van der Waals surface area contributed by atoms with Crippen LogP contribution in [0.5, 0.6) is 0 Å². The third-order valence-electron chi connectivity index (χ3n) is 3.97. The zero-order valence-electron chi connectivity index (χ0n) is 12.9. The fraction of sp³-hybridized carbons (Fsp3) is 0.368. The Hall–Kier alpha value is -1.64. The van der Waals surface area contributed by atoms with E-state index in [0.717, 1.165) is 18.4 Å². The monoisotopic (exact) mass is 283 g/mol. The normalized spacial score (nSPS) is 15.4. The van der Waals surface area contributed by atoms with Gasteiger partial charge in [-0.3, -0.25) is 0 Å². The van der Waals surface area contributed by atoms with E-state index in [1.807, 2.05) is 48.5 Å². The Balaban J connectivity index is 2.07. The van der Waals surface area contributed by atoms with Gasteiger partial charge in [-0.05, 0) is 24.5 Å². The summed E-state index contributed by atoms with van der Waals surface area (Å²) in [5.74, 6) is 0. The molecule has 2 nitrogen and oxygen atoms in total. The maximum absolute atomic E-state index is 11.0. The highest BCUT2D eigenvalue weighted by Crippen LogP contribution is 2.26. The predicted molar refractivity (Wildman–Crippen MR) is 88.1 cm³/mol. The van der Waals surface area contributed by atoms with Gasteiger partial charge in [-0.1, -0.05) is 74.0 Å². The lowest BCUT2D eigenvalue weighted by molar-refractivity contribution is 0.0246. The molecule has 0 aliphatic carbocycles. The molecule has 2 rings (SSSR count). The molecule has 2 aromatic carbocycles. The minimum absolute atomic E-state index is 0.221. The minimum atomic E-state index is -0.806. The van der Waals surface area contributed by atoms with Gasteiger partial charge in [0.15, 0.2) is 0 Å². The summed E-state index contributed by atoms with van der Waals surface area (Å²) in [6.45, 7) is 4.79. The van der Waals surface area contributed by atoms with Gasteiger partial charge in [0.1, 0.15) is 5.60 Å². The average Bonchev–Trinajstić information content (AvgIpc) is 2.54. The van der Waals surface area contributed by atoms with Crippen LogP contribution in [0.25, 0.3) is 0 Å². The fourth-order valence-electron chi connectivity index (χ4n) is 2.68. The van der Waals surface area contributed by atoms with Crippen molar-refractivity contribution >= 4 is 0 Å². The molecule has 0 saturated carbocycles. The van der Waals surface area contributed by atoms with E-state index in [2.05, 4.69) is 31.3 Å². The molecule has 0 aliphatic rings. The fourth-order valence-corrected chi connectivity index (χ4v) is 2.68. The maximum Gasteiger partial charge on any atom is 0.102 e. The molecular weight excluding hydrogens is 258 g/mol. The van der Waals surface area contributed by atoms with Crippen LogP contribution in [-0.2, 0) is 5.60 Å². The van der Waals surface area contributed by atoms with Gasteiger partial charge in [-0.2, -0.15) is 0 Å². The van der Waals surface area contributed by atoms with Gasteiger partial charge in [-0.25, -0.2) is 0 Å². The summed E-state index contributed by atoms with van der Waals surface area (Å²) in [6.07, 6.45) is 1.71. The maximum atomic E-state index is 11.0. The van der Waals surface area contributed by atoms with Crippen molar-refractivity contribution in [3.05, 3.63) is 71.8 Å². The number of hydrogen-bond acceptors (Lipinski definition) is 2. The third-order valence-corrected chi connectivity index (χ3v) is 3.97. The zero-order valence-corrected chi connectivity index (χ0v) is 12.9. The van der Waals surface area contributed by atoms with E-state index < -0.39 is 5.60 Å². The van der Waals surface area contributed by atoms with Crippen LogP contribution in [-0.4, -0.2) is 11.7 Å². The van der Waals surface area contributed by atoms with Gasteiger partial charge in [0.25, 0.3) is 0 Å². The second kappa shape index (κ2) is 7.39. The van der Waals surface area contributed by atoms with Crippen LogP contribution in [0.15, 0.2) is 60.7 Å². The Morgan fingerprint density at radius 2 is 1.57 bits per heavy atom. The Kier molecular flexibility index (Phi) is 5.54. The summed E-state index contributed by atoms with van der Waals surface area (Å²) < 4.78 is 0. The van der Waals surface area contributed by atoms with Gasteiger partial charge >= 0.3 is 0 Å². The topological polar surface area (TPSA) is 32.3 Å². The first-order valence-electron chi connectivity index (χ1n) is 7.72. The molecule has 0 unspecified atom stereocenters. The molecule has 0 heterocycles. The van der Waals surface area contributed by atoms with E-state index in [-0.39, 0.29) is 6.04 Å². The molecular formula is C19H25NO. The van der Waals surface area contributed by atoms with Gasteiger partial charge in [0.2, 0.25) is 0 Å². The molecule has 2 aromatic rings. The third kappa shape index (κ3) is 4.16. The summed E-state index contributed by atoms with van der Waals surface area (Å²) in [4.78, 5) is 0. The highest BCUT2D eigenvalue weighted by molar-refractivity contribution is 5.23. The van der Waals surface area contributed by atoms with Crippen LogP contribution in [0.3, 0.4) is 0 Å². The molecule has 2 atom stereocenters. The highest BCUT2D eigenvalue weighted by Gasteiger charge is 2.28. The van der Waals surface area contributed by atoms with E-state index >= 15 is 0 Å². The molecule has 0 radical (unpaired) electrons. The second-order valence-corrected chi connectivity index (χ2v) is 5.66. The first-order chi connectivity index (χ1) is 10.2. The molecule has 21 heavy (non-hydrogen) atoms. The van der Waals surface area contributed by atoms with Gasteiger partial charge in [-0.15, -0.1) is 0 Å². The molecule has 0 fully saturated rings. The molecule has 0 bridgehead atoms. The summed E-state index contributed by atoms with van der Waals surface area (Å²) >= 11 is 0. The molecule has 0 aliphatic heterocycles. The van der Waals surface area contributed by atoms with Crippen LogP contribution < -0.4 is 5.32 Å². The molecule has 2 N–H and O–H groups in total. The quantitative estimate of drug-likeness (QED) is 0.804. The lowest BCUT2D eigenvalue weighted by Gasteiger charge is -2.30. The summed E-state index contributed by atoms with van der Waals surface area (Å²) in [5.41, 5.74) is 1.42. The van der Waals surface area contributed by atoms with E-state index in [0.29, 0.717) is 6.54 Å². The highest BCUT2D eigenvalue weighted by atomic mass is 16.3. The largest absolute Gasteiger partial charge is 0.384 e. The molecule has 2 heteroatoms. The molecule has 0 aromatic heterocycles. The molecule has 0 saturated heterocycles.